The Bertz CT molecular complexity index is 529. The van der Waals surface area contributed by atoms with Crippen LogP contribution in [-0.2, 0) is 6.54 Å². The Balaban J connectivity index is 2.43. The first-order valence-corrected chi connectivity index (χ1v) is 5.91. The van der Waals surface area contributed by atoms with Gasteiger partial charge in [0.15, 0.2) is 5.78 Å². The van der Waals surface area contributed by atoms with Crippen molar-refractivity contribution in [2.24, 2.45) is 0 Å². The summed E-state index contributed by atoms with van der Waals surface area (Å²) in [6.07, 6.45) is 2.32. The Morgan fingerprint density at radius 2 is 2.12 bits per heavy atom. The lowest BCUT2D eigenvalue weighted by Crippen LogP contribution is -2.00. The van der Waals surface area contributed by atoms with Crippen molar-refractivity contribution in [1.29, 1.82) is 0 Å². The number of hydrogen-bond donors (Lipinski definition) is 0. The minimum atomic E-state index is 0.175. The number of hydrogen-bond acceptors (Lipinski definition) is 2. The topological polar surface area (TPSA) is 34.9 Å². The molecule has 2 rings (SSSR count). The molecule has 0 aliphatic rings. The van der Waals surface area contributed by atoms with Gasteiger partial charge in [0.05, 0.1) is 5.69 Å². The van der Waals surface area contributed by atoms with Crippen molar-refractivity contribution >= 4 is 5.78 Å². The van der Waals surface area contributed by atoms with E-state index in [4.69, 9.17) is 0 Å². The van der Waals surface area contributed by atoms with Crippen molar-refractivity contribution in [2.75, 3.05) is 0 Å². The monoisotopic (exact) mass is 228 g/mol. The van der Waals surface area contributed by atoms with E-state index in [0.717, 1.165) is 23.4 Å². The molecule has 0 radical (unpaired) electrons. The Morgan fingerprint density at radius 1 is 1.29 bits per heavy atom. The van der Waals surface area contributed by atoms with Crippen molar-refractivity contribution < 1.29 is 4.79 Å². The van der Waals surface area contributed by atoms with Crippen LogP contribution in [0.1, 0.15) is 30.6 Å². The summed E-state index contributed by atoms with van der Waals surface area (Å²) in [4.78, 5) is 11.7. The summed E-state index contributed by atoms with van der Waals surface area (Å²) >= 11 is 0. The summed E-state index contributed by atoms with van der Waals surface area (Å²) in [5.41, 5.74) is 2.87. The second-order valence-electron chi connectivity index (χ2n) is 3.89. The minimum Gasteiger partial charge on any atom is -0.294 e. The van der Waals surface area contributed by atoms with Gasteiger partial charge >= 0.3 is 0 Å². The molecule has 0 saturated heterocycles. The molecular formula is C14H16N2O. The second-order valence-corrected chi connectivity index (χ2v) is 3.89. The van der Waals surface area contributed by atoms with Crippen molar-refractivity contribution in [2.45, 2.75) is 26.8 Å². The molecule has 1 aromatic heterocycles. The van der Waals surface area contributed by atoms with Crippen molar-refractivity contribution in [1.82, 2.24) is 9.78 Å². The summed E-state index contributed by atoms with van der Waals surface area (Å²) in [7, 11) is 0. The molecule has 17 heavy (non-hydrogen) atoms. The Labute approximate surface area is 101 Å². The number of ketones is 1. The van der Waals surface area contributed by atoms with Crippen molar-refractivity contribution in [3.8, 4) is 11.3 Å². The zero-order valence-corrected chi connectivity index (χ0v) is 10.2. The van der Waals surface area contributed by atoms with Gasteiger partial charge in [-0.3, -0.25) is 9.48 Å². The highest BCUT2D eigenvalue weighted by molar-refractivity contribution is 5.96. The molecule has 0 fully saturated rings. The lowest BCUT2D eigenvalue weighted by molar-refractivity contribution is 0.0988. The molecule has 0 aliphatic carbocycles. The zero-order chi connectivity index (χ0) is 12.3. The van der Waals surface area contributed by atoms with Crippen LogP contribution >= 0.6 is 0 Å². The fraction of sp³-hybridized carbons (Fsp3) is 0.286. The average molecular weight is 228 g/mol. The maximum absolute atomic E-state index is 11.7. The van der Waals surface area contributed by atoms with Gasteiger partial charge in [0.25, 0.3) is 0 Å². The van der Waals surface area contributed by atoms with Crippen LogP contribution in [0.25, 0.3) is 11.3 Å². The first kappa shape index (κ1) is 11.6. The van der Waals surface area contributed by atoms with Crippen LogP contribution in [0.4, 0.5) is 0 Å². The molecule has 0 bridgehead atoms. The molecule has 0 atom stereocenters. The van der Waals surface area contributed by atoms with E-state index >= 15 is 0 Å². The molecule has 0 unspecified atom stereocenters. The van der Waals surface area contributed by atoms with Gasteiger partial charge in [-0.15, -0.1) is 0 Å². The SMILES string of the molecule is CCC(=O)c1cccc(-c2ccnn2CC)c1. The van der Waals surface area contributed by atoms with E-state index in [-0.39, 0.29) is 5.78 Å². The maximum Gasteiger partial charge on any atom is 0.162 e. The van der Waals surface area contributed by atoms with Gasteiger partial charge in [-0.2, -0.15) is 5.10 Å². The fourth-order valence-corrected chi connectivity index (χ4v) is 1.89. The van der Waals surface area contributed by atoms with E-state index in [1.807, 2.05) is 41.9 Å². The van der Waals surface area contributed by atoms with Crippen LogP contribution in [0.3, 0.4) is 0 Å². The Morgan fingerprint density at radius 3 is 2.82 bits per heavy atom. The third kappa shape index (κ3) is 2.28. The van der Waals surface area contributed by atoms with Crippen LogP contribution in [0.5, 0.6) is 0 Å². The van der Waals surface area contributed by atoms with E-state index in [1.165, 1.54) is 0 Å². The lowest BCUT2D eigenvalue weighted by atomic mass is 10.0. The van der Waals surface area contributed by atoms with E-state index in [2.05, 4.69) is 12.0 Å². The molecule has 0 saturated carbocycles. The summed E-state index contributed by atoms with van der Waals surface area (Å²) in [5.74, 6) is 0.175. The fourth-order valence-electron chi connectivity index (χ4n) is 1.89. The second kappa shape index (κ2) is 4.95. The summed E-state index contributed by atoms with van der Waals surface area (Å²) in [6.45, 7) is 4.76. The molecule has 0 amide bonds. The first-order chi connectivity index (χ1) is 8.26. The van der Waals surface area contributed by atoms with Crippen LogP contribution in [0.15, 0.2) is 36.5 Å². The number of Topliss-reactive ketones (excluding diaryl/α,β-unsaturated/α-hetero) is 1. The van der Waals surface area contributed by atoms with Crippen LogP contribution in [0, 0.1) is 0 Å². The molecule has 88 valence electrons. The standard InChI is InChI=1S/C14H16N2O/c1-3-14(17)12-7-5-6-11(10-12)13-8-9-15-16(13)4-2/h5-10H,3-4H2,1-2H3. The van der Waals surface area contributed by atoms with Crippen molar-refractivity contribution in [3.05, 3.63) is 42.1 Å². The number of aromatic nitrogens is 2. The van der Waals surface area contributed by atoms with Gasteiger partial charge in [-0.05, 0) is 19.1 Å². The summed E-state index contributed by atoms with van der Waals surface area (Å²) < 4.78 is 1.93. The number of nitrogens with zero attached hydrogens (tertiary/aromatic N) is 2. The van der Waals surface area contributed by atoms with Gasteiger partial charge < -0.3 is 0 Å². The third-order valence-corrected chi connectivity index (χ3v) is 2.82. The van der Waals surface area contributed by atoms with E-state index in [9.17, 15) is 4.79 Å². The molecule has 0 aliphatic heterocycles. The third-order valence-electron chi connectivity index (χ3n) is 2.82. The molecule has 1 heterocycles. The quantitative estimate of drug-likeness (QED) is 0.753. The molecule has 0 N–H and O–H groups in total. The number of aryl methyl sites for hydroxylation is 1. The summed E-state index contributed by atoms with van der Waals surface area (Å²) in [6, 6.07) is 9.71. The van der Waals surface area contributed by atoms with E-state index in [0.29, 0.717) is 6.42 Å². The summed E-state index contributed by atoms with van der Waals surface area (Å²) in [5, 5.41) is 4.24. The molecule has 3 nitrogen and oxygen atoms in total. The van der Waals surface area contributed by atoms with Gasteiger partial charge in [0, 0.05) is 30.3 Å². The van der Waals surface area contributed by atoms with Gasteiger partial charge in [-0.1, -0.05) is 25.1 Å². The normalized spacial score (nSPS) is 10.5. The molecule has 0 spiro atoms. The van der Waals surface area contributed by atoms with E-state index < -0.39 is 0 Å². The highest BCUT2D eigenvalue weighted by atomic mass is 16.1. The van der Waals surface area contributed by atoms with Crippen molar-refractivity contribution in [3.63, 3.8) is 0 Å². The predicted molar refractivity (Wildman–Crippen MR) is 68.0 cm³/mol. The average Bonchev–Trinajstić information content (AvgIpc) is 2.86. The van der Waals surface area contributed by atoms with Gasteiger partial charge in [0.2, 0.25) is 0 Å². The van der Waals surface area contributed by atoms with Gasteiger partial charge in [0.1, 0.15) is 0 Å². The Hall–Kier alpha value is -1.90. The smallest absolute Gasteiger partial charge is 0.162 e. The minimum absolute atomic E-state index is 0.175. The van der Waals surface area contributed by atoms with Crippen LogP contribution in [-0.4, -0.2) is 15.6 Å². The number of benzene rings is 1. The van der Waals surface area contributed by atoms with Gasteiger partial charge in [-0.25, -0.2) is 0 Å². The lowest BCUT2D eigenvalue weighted by Gasteiger charge is -2.06. The number of carbonyl (C=O) groups excluding carboxylic acids is 1. The molecule has 3 heteroatoms. The van der Waals surface area contributed by atoms with Crippen LogP contribution < -0.4 is 0 Å². The molecule has 1 aromatic carbocycles. The predicted octanol–water partition coefficient (Wildman–Crippen LogP) is 3.16. The highest BCUT2D eigenvalue weighted by Gasteiger charge is 2.07. The molecular weight excluding hydrogens is 212 g/mol. The largest absolute Gasteiger partial charge is 0.294 e. The zero-order valence-electron chi connectivity index (χ0n) is 10.2. The number of carbonyl (C=O) groups is 1. The first-order valence-electron chi connectivity index (χ1n) is 5.91. The van der Waals surface area contributed by atoms with Crippen LogP contribution in [0.2, 0.25) is 0 Å². The molecule has 2 aromatic rings. The number of rotatable bonds is 4. The Kier molecular flexibility index (Phi) is 3.38. The maximum atomic E-state index is 11.7. The highest BCUT2D eigenvalue weighted by Crippen LogP contribution is 2.20. The van der Waals surface area contributed by atoms with E-state index in [1.54, 1.807) is 6.20 Å².